The fourth-order valence-corrected chi connectivity index (χ4v) is 4.98. The average molecular weight is 474 g/mol. The molecule has 0 radical (unpaired) electrons. The normalized spacial score (nSPS) is 23.2. The van der Waals surface area contributed by atoms with E-state index in [0.29, 0.717) is 15.4 Å². The Bertz CT molecular complexity index is 1150. The van der Waals surface area contributed by atoms with Gasteiger partial charge in [-0.05, 0) is 19.1 Å². The van der Waals surface area contributed by atoms with Crippen molar-refractivity contribution in [2.75, 3.05) is 6.54 Å². The van der Waals surface area contributed by atoms with Gasteiger partial charge in [-0.25, -0.2) is 28.7 Å². The lowest BCUT2D eigenvalue weighted by Gasteiger charge is -2.43. The largest absolute Gasteiger partial charge is 0.390 e. The molecule has 12 heteroatoms. The number of fused-ring (bicyclic) bond motifs is 1. The molecule has 2 aromatic rings. The third kappa shape index (κ3) is 4.31. The van der Waals surface area contributed by atoms with Crippen molar-refractivity contribution in [3.63, 3.8) is 0 Å². The molecule has 2 unspecified atom stereocenters. The van der Waals surface area contributed by atoms with Crippen molar-refractivity contribution in [2.24, 2.45) is 21.6 Å². The number of allylic oxidation sites excluding steroid dienone is 3. The highest BCUT2D eigenvalue weighted by atomic mass is 32.1. The maximum absolute atomic E-state index is 14.8. The molecule has 1 amide bonds. The van der Waals surface area contributed by atoms with E-state index in [2.05, 4.69) is 24.9 Å². The van der Waals surface area contributed by atoms with Gasteiger partial charge in [0.05, 0.1) is 30.3 Å². The number of aliphatic imine (C=N–C) groups is 2. The molecule has 172 valence electrons. The second-order valence-corrected chi connectivity index (χ2v) is 8.74. The zero-order valence-electron chi connectivity index (χ0n) is 17.5. The zero-order chi connectivity index (χ0) is 23.6. The summed E-state index contributed by atoms with van der Waals surface area (Å²) >= 11 is 1.33. The summed E-state index contributed by atoms with van der Waals surface area (Å²) in [6, 6.07) is -0.878. The van der Waals surface area contributed by atoms with Crippen molar-refractivity contribution in [1.29, 1.82) is 0 Å². The van der Waals surface area contributed by atoms with Gasteiger partial charge in [-0.2, -0.15) is 0 Å². The number of halogens is 2. The third-order valence-corrected chi connectivity index (χ3v) is 6.84. The summed E-state index contributed by atoms with van der Waals surface area (Å²) in [4.78, 5) is 35.4. The SMILES string of the molecule is C[C@@H](N1Cc2sc(-c3cncnc3)nc2C1=O)[C@](O)(CN=CN=CN)C1C=CC(F)=CC1F. The van der Waals surface area contributed by atoms with E-state index < -0.39 is 35.5 Å². The Labute approximate surface area is 192 Å². The lowest BCUT2D eigenvalue weighted by atomic mass is 9.76. The summed E-state index contributed by atoms with van der Waals surface area (Å²) in [7, 11) is 0. The molecule has 4 atom stereocenters. The Kier molecular flexibility index (Phi) is 6.38. The minimum absolute atomic E-state index is 0.186. The van der Waals surface area contributed by atoms with E-state index in [9.17, 15) is 18.7 Å². The van der Waals surface area contributed by atoms with Crippen LogP contribution in [0.25, 0.3) is 10.6 Å². The van der Waals surface area contributed by atoms with Gasteiger partial charge in [-0.3, -0.25) is 9.79 Å². The van der Waals surface area contributed by atoms with Crippen LogP contribution in [0.5, 0.6) is 0 Å². The molecule has 1 aliphatic carbocycles. The number of alkyl halides is 1. The number of nitrogens with two attached hydrogens (primary N) is 1. The topological polar surface area (TPSA) is 130 Å². The molecule has 0 aromatic carbocycles. The van der Waals surface area contributed by atoms with Crippen molar-refractivity contribution >= 4 is 29.9 Å². The molecule has 2 aromatic heterocycles. The van der Waals surface area contributed by atoms with Crippen LogP contribution < -0.4 is 5.73 Å². The molecule has 33 heavy (non-hydrogen) atoms. The van der Waals surface area contributed by atoms with Crippen LogP contribution in [-0.2, 0) is 6.54 Å². The number of amides is 1. The van der Waals surface area contributed by atoms with Crippen LogP contribution in [0, 0.1) is 5.92 Å². The first-order valence-electron chi connectivity index (χ1n) is 10.0. The molecular formula is C21H21F2N7O2S. The summed E-state index contributed by atoms with van der Waals surface area (Å²) in [6.07, 6.45) is 8.12. The van der Waals surface area contributed by atoms with E-state index >= 15 is 0 Å². The minimum atomic E-state index is -1.85. The third-order valence-electron chi connectivity index (χ3n) is 5.75. The highest BCUT2D eigenvalue weighted by Gasteiger charge is 2.50. The van der Waals surface area contributed by atoms with E-state index in [-0.39, 0.29) is 18.8 Å². The Morgan fingerprint density at radius 1 is 1.45 bits per heavy atom. The van der Waals surface area contributed by atoms with Crippen molar-refractivity contribution in [1.82, 2.24) is 19.9 Å². The summed E-state index contributed by atoms with van der Waals surface area (Å²) in [5.74, 6) is -2.26. The van der Waals surface area contributed by atoms with Crippen LogP contribution in [0.4, 0.5) is 8.78 Å². The first-order valence-corrected chi connectivity index (χ1v) is 10.9. The number of hydrogen-bond donors (Lipinski definition) is 2. The number of rotatable bonds is 7. The van der Waals surface area contributed by atoms with E-state index in [1.807, 2.05) is 0 Å². The van der Waals surface area contributed by atoms with Gasteiger partial charge < -0.3 is 15.7 Å². The molecule has 0 fully saturated rings. The number of carbonyl (C=O) groups is 1. The van der Waals surface area contributed by atoms with Crippen LogP contribution in [0.15, 0.2) is 52.8 Å². The molecule has 3 heterocycles. The average Bonchev–Trinajstić information content (AvgIpc) is 3.36. The second-order valence-electron chi connectivity index (χ2n) is 7.65. The standard InChI is InChI=1S/C21H21F2N7O2S/c1-12(21(32,8-27-11-28-9-24)15-3-2-14(22)4-16(15)23)30-7-17-18(20(30)31)29-19(33-17)13-5-25-10-26-6-13/h2-6,9-12,15-16,32H,7-8H2,1H3,(H2,24,27,28)/t12-,15?,16?,21-/m1/s1. The van der Waals surface area contributed by atoms with Gasteiger partial charge in [-0.15, -0.1) is 11.3 Å². The lowest BCUT2D eigenvalue weighted by molar-refractivity contribution is -0.0698. The molecular weight excluding hydrogens is 452 g/mol. The lowest BCUT2D eigenvalue weighted by Crippen LogP contribution is -2.59. The zero-order valence-corrected chi connectivity index (χ0v) is 18.4. The number of carbonyl (C=O) groups excluding carboxylic acids is 1. The van der Waals surface area contributed by atoms with Crippen molar-refractivity contribution in [3.8, 4) is 10.6 Å². The van der Waals surface area contributed by atoms with Gasteiger partial charge in [0.1, 0.15) is 41.0 Å². The van der Waals surface area contributed by atoms with Crippen molar-refractivity contribution < 1.29 is 18.7 Å². The molecule has 1 aliphatic heterocycles. The number of nitrogens with zero attached hydrogens (tertiary/aromatic N) is 6. The number of aliphatic hydroxyl groups is 1. The van der Waals surface area contributed by atoms with Crippen molar-refractivity contribution in [3.05, 3.63) is 53.3 Å². The molecule has 0 saturated heterocycles. The van der Waals surface area contributed by atoms with Gasteiger partial charge in [0.25, 0.3) is 5.91 Å². The van der Waals surface area contributed by atoms with E-state index in [4.69, 9.17) is 5.73 Å². The fraction of sp³-hybridized carbons (Fsp3) is 0.333. The van der Waals surface area contributed by atoms with Gasteiger partial charge in [0, 0.05) is 23.9 Å². The number of thiazole rings is 1. The van der Waals surface area contributed by atoms with Gasteiger partial charge in [0.2, 0.25) is 0 Å². The maximum atomic E-state index is 14.8. The number of hydrogen-bond acceptors (Lipinski definition) is 7. The number of aromatic nitrogens is 3. The van der Waals surface area contributed by atoms with Crippen LogP contribution in [0.3, 0.4) is 0 Å². The molecule has 4 rings (SSSR count). The van der Waals surface area contributed by atoms with Crippen LogP contribution in [0.1, 0.15) is 22.3 Å². The van der Waals surface area contributed by atoms with E-state index in [1.54, 1.807) is 19.3 Å². The smallest absolute Gasteiger partial charge is 0.274 e. The Morgan fingerprint density at radius 3 is 2.88 bits per heavy atom. The fourth-order valence-electron chi connectivity index (χ4n) is 3.95. The molecule has 2 aliphatic rings. The summed E-state index contributed by atoms with van der Waals surface area (Å²) in [5, 5.41) is 12.2. The first-order chi connectivity index (χ1) is 15.8. The van der Waals surface area contributed by atoms with Gasteiger partial charge in [0.15, 0.2) is 0 Å². The van der Waals surface area contributed by atoms with E-state index in [0.717, 1.165) is 24.8 Å². The molecule has 0 saturated carbocycles. The van der Waals surface area contributed by atoms with Crippen LogP contribution >= 0.6 is 11.3 Å². The van der Waals surface area contributed by atoms with Gasteiger partial charge >= 0.3 is 0 Å². The quantitative estimate of drug-likeness (QED) is 0.468. The highest BCUT2D eigenvalue weighted by Crippen LogP contribution is 2.39. The monoisotopic (exact) mass is 473 g/mol. The summed E-state index contributed by atoms with van der Waals surface area (Å²) in [5.41, 5.74) is 4.30. The second kappa shape index (κ2) is 9.24. The molecule has 3 N–H and O–H groups in total. The van der Waals surface area contributed by atoms with E-state index in [1.165, 1.54) is 28.6 Å². The molecule has 9 nitrogen and oxygen atoms in total. The Hall–Kier alpha value is -3.38. The summed E-state index contributed by atoms with van der Waals surface area (Å²) < 4.78 is 28.3. The Morgan fingerprint density at radius 2 is 2.21 bits per heavy atom. The van der Waals surface area contributed by atoms with Crippen LogP contribution in [-0.4, -0.2) is 67.9 Å². The predicted octanol–water partition coefficient (Wildman–Crippen LogP) is 2.07. The minimum Gasteiger partial charge on any atom is -0.390 e. The first kappa shape index (κ1) is 22.8. The predicted molar refractivity (Wildman–Crippen MR) is 120 cm³/mol. The van der Waals surface area contributed by atoms with Gasteiger partial charge in [-0.1, -0.05) is 6.08 Å². The Balaban J connectivity index is 1.61. The van der Waals surface area contributed by atoms with Crippen LogP contribution in [0.2, 0.25) is 0 Å². The van der Waals surface area contributed by atoms with Crippen molar-refractivity contribution in [2.45, 2.75) is 31.3 Å². The molecule has 0 bridgehead atoms. The highest BCUT2D eigenvalue weighted by molar-refractivity contribution is 7.15. The molecule has 0 spiro atoms. The summed E-state index contributed by atoms with van der Waals surface area (Å²) in [6.45, 7) is 1.51. The maximum Gasteiger partial charge on any atom is 0.274 e.